The Morgan fingerprint density at radius 1 is 1.53 bits per heavy atom. The van der Waals surface area contributed by atoms with E-state index < -0.39 is 0 Å². The molecule has 4 heteroatoms. The number of hydrogen-bond donors (Lipinski definition) is 2. The molecule has 1 atom stereocenters. The van der Waals surface area contributed by atoms with Crippen molar-refractivity contribution in [3.63, 3.8) is 0 Å². The third kappa shape index (κ3) is 3.32. The Hall–Kier alpha value is -0.870. The van der Waals surface area contributed by atoms with Gasteiger partial charge in [-0.05, 0) is 13.3 Å². The lowest BCUT2D eigenvalue weighted by molar-refractivity contribution is 0.485. The van der Waals surface area contributed by atoms with Crippen molar-refractivity contribution in [1.29, 1.82) is 0 Å². The molecule has 0 amide bonds. The van der Waals surface area contributed by atoms with Gasteiger partial charge in [0.05, 0.1) is 5.69 Å². The average molecular weight is 210 g/mol. The van der Waals surface area contributed by atoms with E-state index in [1.807, 2.05) is 24.9 Å². The highest BCUT2D eigenvalue weighted by Gasteiger charge is 2.14. The van der Waals surface area contributed by atoms with Crippen LogP contribution in [0.1, 0.15) is 49.9 Å². The quantitative estimate of drug-likeness (QED) is 0.428. The van der Waals surface area contributed by atoms with Crippen molar-refractivity contribution in [2.45, 2.75) is 45.6 Å². The first-order valence-electron chi connectivity index (χ1n) is 5.65. The summed E-state index contributed by atoms with van der Waals surface area (Å²) >= 11 is 0. The normalized spacial score (nSPS) is 13.1. The summed E-state index contributed by atoms with van der Waals surface area (Å²) < 4.78 is 1.84. The summed E-state index contributed by atoms with van der Waals surface area (Å²) in [6.07, 6.45) is 6.84. The molecule has 15 heavy (non-hydrogen) atoms. The molecule has 0 bridgehead atoms. The van der Waals surface area contributed by atoms with E-state index in [2.05, 4.69) is 17.4 Å². The molecular formula is C11H22N4. The van der Waals surface area contributed by atoms with Crippen molar-refractivity contribution in [2.75, 3.05) is 0 Å². The van der Waals surface area contributed by atoms with Crippen molar-refractivity contribution in [3.05, 3.63) is 17.5 Å². The summed E-state index contributed by atoms with van der Waals surface area (Å²) in [4.78, 5) is 0. The first-order valence-corrected chi connectivity index (χ1v) is 5.65. The van der Waals surface area contributed by atoms with Crippen LogP contribution in [-0.2, 0) is 7.05 Å². The highest BCUT2D eigenvalue weighted by atomic mass is 15.3. The van der Waals surface area contributed by atoms with Gasteiger partial charge in [-0.3, -0.25) is 16.0 Å². The van der Waals surface area contributed by atoms with E-state index in [-0.39, 0.29) is 6.04 Å². The third-order valence-corrected chi connectivity index (χ3v) is 2.72. The summed E-state index contributed by atoms with van der Waals surface area (Å²) in [6, 6.07) is 0.241. The number of hydrazine groups is 1. The standard InChI is InChI=1S/C11H22N4/c1-4-5-6-7-11(13-12)10-8-15(3)14-9(10)2/h8,11,13H,4-7,12H2,1-3H3. The Labute approximate surface area is 91.8 Å². The summed E-state index contributed by atoms with van der Waals surface area (Å²) in [5.41, 5.74) is 5.16. The summed E-state index contributed by atoms with van der Waals surface area (Å²) in [6.45, 7) is 4.24. The lowest BCUT2D eigenvalue weighted by Gasteiger charge is -2.14. The second-order valence-electron chi connectivity index (χ2n) is 4.06. The molecule has 1 rings (SSSR count). The molecular weight excluding hydrogens is 188 g/mol. The van der Waals surface area contributed by atoms with Crippen molar-refractivity contribution in [3.8, 4) is 0 Å². The molecule has 0 aliphatic heterocycles. The van der Waals surface area contributed by atoms with Crippen LogP contribution >= 0.6 is 0 Å². The third-order valence-electron chi connectivity index (χ3n) is 2.72. The van der Waals surface area contributed by atoms with E-state index >= 15 is 0 Å². The van der Waals surface area contributed by atoms with Crippen LogP contribution in [-0.4, -0.2) is 9.78 Å². The molecule has 1 heterocycles. The fourth-order valence-corrected chi connectivity index (χ4v) is 1.89. The smallest absolute Gasteiger partial charge is 0.0641 e. The maximum atomic E-state index is 5.58. The number of unbranched alkanes of at least 4 members (excludes halogenated alkanes) is 2. The Morgan fingerprint density at radius 2 is 2.27 bits per heavy atom. The molecule has 1 aromatic rings. The predicted molar refractivity (Wildman–Crippen MR) is 62.2 cm³/mol. The fourth-order valence-electron chi connectivity index (χ4n) is 1.89. The summed E-state index contributed by atoms with van der Waals surface area (Å²) in [7, 11) is 1.94. The van der Waals surface area contributed by atoms with Crippen molar-refractivity contribution >= 4 is 0 Å². The average Bonchev–Trinajstić information content (AvgIpc) is 2.53. The van der Waals surface area contributed by atoms with Gasteiger partial charge in [-0.25, -0.2) is 0 Å². The molecule has 0 radical (unpaired) electrons. The van der Waals surface area contributed by atoms with Gasteiger partial charge in [-0.15, -0.1) is 0 Å². The van der Waals surface area contributed by atoms with Gasteiger partial charge in [0.1, 0.15) is 0 Å². The fraction of sp³-hybridized carbons (Fsp3) is 0.727. The van der Waals surface area contributed by atoms with E-state index in [0.29, 0.717) is 0 Å². The molecule has 0 saturated carbocycles. The molecule has 1 aromatic heterocycles. The molecule has 0 saturated heterocycles. The Bertz CT molecular complexity index is 293. The van der Waals surface area contributed by atoms with Crippen molar-refractivity contribution in [2.24, 2.45) is 12.9 Å². The van der Waals surface area contributed by atoms with E-state index in [1.165, 1.54) is 24.8 Å². The van der Waals surface area contributed by atoms with Gasteiger partial charge in [0.15, 0.2) is 0 Å². The second-order valence-corrected chi connectivity index (χ2v) is 4.06. The van der Waals surface area contributed by atoms with Gasteiger partial charge >= 0.3 is 0 Å². The van der Waals surface area contributed by atoms with Gasteiger partial charge in [-0.1, -0.05) is 26.2 Å². The zero-order valence-electron chi connectivity index (χ0n) is 9.95. The zero-order chi connectivity index (χ0) is 11.3. The first-order chi connectivity index (χ1) is 7.19. The topological polar surface area (TPSA) is 55.9 Å². The maximum absolute atomic E-state index is 5.58. The van der Waals surface area contributed by atoms with Crippen LogP contribution in [0.4, 0.5) is 0 Å². The monoisotopic (exact) mass is 210 g/mol. The number of aromatic nitrogens is 2. The molecule has 0 aliphatic carbocycles. The van der Waals surface area contributed by atoms with Crippen LogP contribution in [0.3, 0.4) is 0 Å². The first kappa shape index (κ1) is 12.2. The number of nitrogens with one attached hydrogen (secondary N) is 1. The van der Waals surface area contributed by atoms with Gasteiger partial charge in [0.2, 0.25) is 0 Å². The van der Waals surface area contributed by atoms with Gasteiger partial charge in [0, 0.05) is 24.8 Å². The van der Waals surface area contributed by atoms with E-state index in [0.717, 1.165) is 12.1 Å². The van der Waals surface area contributed by atoms with Crippen molar-refractivity contribution < 1.29 is 0 Å². The molecule has 0 aromatic carbocycles. The van der Waals surface area contributed by atoms with Gasteiger partial charge < -0.3 is 0 Å². The molecule has 0 fully saturated rings. The Kier molecular flexibility index (Phi) is 4.78. The minimum atomic E-state index is 0.241. The maximum Gasteiger partial charge on any atom is 0.0641 e. The lowest BCUT2D eigenvalue weighted by Crippen LogP contribution is -2.28. The highest BCUT2D eigenvalue weighted by Crippen LogP contribution is 2.21. The Balaban J connectivity index is 2.61. The summed E-state index contributed by atoms with van der Waals surface area (Å²) in [5, 5.41) is 4.33. The minimum absolute atomic E-state index is 0.241. The molecule has 0 aliphatic rings. The highest BCUT2D eigenvalue weighted by molar-refractivity contribution is 5.19. The molecule has 3 N–H and O–H groups in total. The molecule has 4 nitrogen and oxygen atoms in total. The zero-order valence-corrected chi connectivity index (χ0v) is 9.95. The number of nitrogens with zero attached hydrogens (tertiary/aromatic N) is 2. The SMILES string of the molecule is CCCCCC(NN)c1cn(C)nc1C. The predicted octanol–water partition coefficient (Wildman–Crippen LogP) is 1.81. The van der Waals surface area contributed by atoms with Gasteiger partial charge in [-0.2, -0.15) is 5.10 Å². The Morgan fingerprint density at radius 3 is 2.73 bits per heavy atom. The lowest BCUT2D eigenvalue weighted by atomic mass is 10.0. The number of rotatable bonds is 6. The van der Waals surface area contributed by atoms with Crippen LogP contribution in [0, 0.1) is 6.92 Å². The number of aryl methyl sites for hydroxylation is 2. The van der Waals surface area contributed by atoms with Crippen LogP contribution in [0.25, 0.3) is 0 Å². The summed E-state index contributed by atoms with van der Waals surface area (Å²) in [5.74, 6) is 5.58. The minimum Gasteiger partial charge on any atom is -0.275 e. The number of hydrogen-bond acceptors (Lipinski definition) is 3. The van der Waals surface area contributed by atoms with Crippen molar-refractivity contribution in [1.82, 2.24) is 15.2 Å². The number of nitrogens with two attached hydrogens (primary N) is 1. The molecule has 0 spiro atoms. The second kappa shape index (κ2) is 5.88. The van der Waals surface area contributed by atoms with E-state index in [4.69, 9.17) is 5.84 Å². The van der Waals surface area contributed by atoms with E-state index in [9.17, 15) is 0 Å². The molecule has 1 unspecified atom stereocenters. The van der Waals surface area contributed by atoms with Crippen LogP contribution in [0.15, 0.2) is 6.20 Å². The van der Waals surface area contributed by atoms with Crippen LogP contribution < -0.4 is 11.3 Å². The molecule has 86 valence electrons. The van der Waals surface area contributed by atoms with Crippen LogP contribution in [0.2, 0.25) is 0 Å². The largest absolute Gasteiger partial charge is 0.275 e. The van der Waals surface area contributed by atoms with Crippen LogP contribution in [0.5, 0.6) is 0 Å². The van der Waals surface area contributed by atoms with E-state index in [1.54, 1.807) is 0 Å². The van der Waals surface area contributed by atoms with Gasteiger partial charge in [0.25, 0.3) is 0 Å².